The molecule has 0 N–H and O–H groups in total. The van der Waals surface area contributed by atoms with E-state index in [-0.39, 0.29) is 11.2 Å². The highest BCUT2D eigenvalue weighted by molar-refractivity contribution is 5.25. The first-order valence-electron chi connectivity index (χ1n) is 8.57. The van der Waals surface area contributed by atoms with Crippen molar-refractivity contribution in [2.45, 2.75) is 64.6 Å². The Bertz CT molecular complexity index is 521. The number of hydrogen-bond acceptors (Lipinski definition) is 1. The molecule has 3 heteroatoms. The van der Waals surface area contributed by atoms with Gasteiger partial charge in [-0.15, -0.1) is 0 Å². The largest absolute Gasteiger partial charge is 0.297 e. The van der Waals surface area contributed by atoms with Crippen molar-refractivity contribution in [2.75, 3.05) is 13.1 Å². The van der Waals surface area contributed by atoms with E-state index in [4.69, 9.17) is 0 Å². The lowest BCUT2D eigenvalue weighted by atomic mass is 9.78. The van der Waals surface area contributed by atoms with E-state index in [2.05, 4.69) is 38.7 Å². The van der Waals surface area contributed by atoms with Crippen LogP contribution in [0.1, 0.15) is 52.5 Å². The number of rotatable bonds is 5. The first kappa shape index (κ1) is 18.1. The molecule has 1 heterocycles. The number of likely N-dealkylation sites (tertiary alicyclic amines) is 1. The molecule has 1 aliphatic rings. The lowest BCUT2D eigenvalue weighted by Gasteiger charge is -2.39. The number of nitrogens with zero attached hydrogens (tertiary/aromatic N) is 1. The van der Waals surface area contributed by atoms with Crippen LogP contribution < -0.4 is 0 Å². The summed E-state index contributed by atoms with van der Waals surface area (Å²) in [7, 11) is 0. The quantitative estimate of drug-likeness (QED) is 0.668. The van der Waals surface area contributed by atoms with E-state index in [1.165, 1.54) is 17.7 Å². The first-order chi connectivity index (χ1) is 10.8. The normalized spacial score (nSPS) is 18.7. The SMILES string of the molecule is CC(C)=CC(CC(C)(C)c1ccc(F)cc1)N1CCC(F)CC1. The van der Waals surface area contributed by atoms with Crippen LogP contribution in [0.15, 0.2) is 35.9 Å². The van der Waals surface area contributed by atoms with Gasteiger partial charge < -0.3 is 0 Å². The average molecular weight is 321 g/mol. The molecule has 23 heavy (non-hydrogen) atoms. The molecule has 1 nitrogen and oxygen atoms in total. The molecule has 0 spiro atoms. The van der Waals surface area contributed by atoms with Gasteiger partial charge in [-0.1, -0.05) is 37.6 Å². The summed E-state index contributed by atoms with van der Waals surface area (Å²) in [5.41, 5.74) is 2.37. The van der Waals surface area contributed by atoms with Gasteiger partial charge in [0.15, 0.2) is 0 Å². The van der Waals surface area contributed by atoms with Crippen LogP contribution >= 0.6 is 0 Å². The van der Waals surface area contributed by atoms with Crippen molar-refractivity contribution in [3.05, 3.63) is 47.3 Å². The number of allylic oxidation sites excluding steroid dienone is 1. The van der Waals surface area contributed by atoms with Gasteiger partial charge in [0.25, 0.3) is 0 Å². The highest BCUT2D eigenvalue weighted by Crippen LogP contribution is 2.32. The molecule has 1 fully saturated rings. The highest BCUT2D eigenvalue weighted by atomic mass is 19.1. The third kappa shape index (κ3) is 5.13. The Morgan fingerprint density at radius 3 is 2.30 bits per heavy atom. The summed E-state index contributed by atoms with van der Waals surface area (Å²) < 4.78 is 26.6. The summed E-state index contributed by atoms with van der Waals surface area (Å²) in [6.45, 7) is 10.3. The molecule has 1 unspecified atom stereocenters. The number of piperidine rings is 1. The minimum atomic E-state index is -0.649. The van der Waals surface area contributed by atoms with E-state index in [0.717, 1.165) is 25.1 Å². The van der Waals surface area contributed by atoms with Crippen LogP contribution in [0.4, 0.5) is 8.78 Å². The molecule has 0 radical (unpaired) electrons. The van der Waals surface area contributed by atoms with E-state index in [9.17, 15) is 8.78 Å². The van der Waals surface area contributed by atoms with Gasteiger partial charge in [0.2, 0.25) is 0 Å². The Hall–Kier alpha value is -1.22. The second-order valence-corrected chi connectivity index (χ2v) is 7.62. The lowest BCUT2D eigenvalue weighted by Crippen LogP contribution is -2.43. The minimum absolute atomic E-state index is 0.0587. The van der Waals surface area contributed by atoms with Crippen molar-refractivity contribution in [3.8, 4) is 0 Å². The van der Waals surface area contributed by atoms with Crippen LogP contribution in [-0.4, -0.2) is 30.2 Å². The fraction of sp³-hybridized carbons (Fsp3) is 0.600. The molecular formula is C20H29F2N. The summed E-state index contributed by atoms with van der Waals surface area (Å²) in [6.07, 6.45) is 3.85. The highest BCUT2D eigenvalue weighted by Gasteiger charge is 2.30. The summed E-state index contributed by atoms with van der Waals surface area (Å²) in [4.78, 5) is 2.40. The molecule has 1 aliphatic heterocycles. The number of hydrogen-bond donors (Lipinski definition) is 0. The van der Waals surface area contributed by atoms with Crippen LogP contribution in [0.25, 0.3) is 0 Å². The van der Waals surface area contributed by atoms with Crippen LogP contribution in [0.3, 0.4) is 0 Å². The molecule has 1 atom stereocenters. The molecule has 0 aliphatic carbocycles. The summed E-state index contributed by atoms with van der Waals surface area (Å²) >= 11 is 0. The molecule has 0 aromatic heterocycles. The standard InChI is InChI=1S/C20H29F2N/c1-15(2)13-19(23-11-9-18(22)10-12-23)14-20(3,4)16-5-7-17(21)8-6-16/h5-8,13,18-19H,9-12,14H2,1-4H3. The van der Waals surface area contributed by atoms with E-state index >= 15 is 0 Å². The van der Waals surface area contributed by atoms with Gasteiger partial charge in [0.05, 0.1) is 0 Å². The maximum absolute atomic E-state index is 13.4. The second-order valence-electron chi connectivity index (χ2n) is 7.62. The van der Waals surface area contributed by atoms with Crippen molar-refractivity contribution >= 4 is 0 Å². The van der Waals surface area contributed by atoms with E-state index in [1.54, 1.807) is 0 Å². The van der Waals surface area contributed by atoms with Crippen molar-refractivity contribution in [2.24, 2.45) is 0 Å². The Morgan fingerprint density at radius 2 is 1.78 bits per heavy atom. The molecule has 2 rings (SSSR count). The second kappa shape index (κ2) is 7.57. The summed E-state index contributed by atoms with van der Waals surface area (Å²) in [5, 5.41) is 0. The number of benzene rings is 1. The first-order valence-corrected chi connectivity index (χ1v) is 8.57. The van der Waals surface area contributed by atoms with Crippen LogP contribution in [-0.2, 0) is 5.41 Å². The van der Waals surface area contributed by atoms with Gasteiger partial charge >= 0.3 is 0 Å². The number of halogens is 2. The van der Waals surface area contributed by atoms with E-state index in [0.29, 0.717) is 18.9 Å². The van der Waals surface area contributed by atoms with Gasteiger partial charge in [-0.25, -0.2) is 8.78 Å². The average Bonchev–Trinajstić information content (AvgIpc) is 2.47. The Morgan fingerprint density at radius 1 is 1.22 bits per heavy atom. The fourth-order valence-electron chi connectivity index (χ4n) is 3.42. The molecule has 1 aromatic rings. The molecule has 0 amide bonds. The fourth-order valence-corrected chi connectivity index (χ4v) is 3.42. The molecule has 0 saturated carbocycles. The molecule has 1 saturated heterocycles. The molecule has 128 valence electrons. The topological polar surface area (TPSA) is 3.24 Å². The van der Waals surface area contributed by atoms with Gasteiger partial charge in [0, 0.05) is 19.1 Å². The van der Waals surface area contributed by atoms with Crippen molar-refractivity contribution in [3.63, 3.8) is 0 Å². The van der Waals surface area contributed by atoms with Gasteiger partial charge in [0.1, 0.15) is 12.0 Å². The number of alkyl halides is 1. The summed E-state index contributed by atoms with van der Waals surface area (Å²) in [6, 6.07) is 7.11. The van der Waals surface area contributed by atoms with E-state index in [1.807, 2.05) is 12.1 Å². The Kier molecular flexibility index (Phi) is 5.96. The molecular weight excluding hydrogens is 292 g/mol. The van der Waals surface area contributed by atoms with Crippen molar-refractivity contribution in [1.29, 1.82) is 0 Å². The maximum Gasteiger partial charge on any atom is 0.123 e. The zero-order valence-corrected chi connectivity index (χ0v) is 14.8. The van der Waals surface area contributed by atoms with Gasteiger partial charge in [-0.2, -0.15) is 0 Å². The molecule has 0 bridgehead atoms. The predicted molar refractivity (Wildman–Crippen MR) is 93.0 cm³/mol. The van der Waals surface area contributed by atoms with Crippen LogP contribution in [0.2, 0.25) is 0 Å². The van der Waals surface area contributed by atoms with Gasteiger partial charge in [-0.3, -0.25) is 4.90 Å². The third-order valence-electron chi connectivity index (χ3n) is 4.80. The zero-order valence-electron chi connectivity index (χ0n) is 14.8. The predicted octanol–water partition coefficient (Wildman–Crippen LogP) is 5.26. The van der Waals surface area contributed by atoms with E-state index < -0.39 is 6.17 Å². The Balaban J connectivity index is 2.16. The smallest absolute Gasteiger partial charge is 0.123 e. The van der Waals surface area contributed by atoms with Gasteiger partial charge in [-0.05, 0) is 56.2 Å². The van der Waals surface area contributed by atoms with Crippen LogP contribution in [0, 0.1) is 5.82 Å². The molecule has 1 aromatic carbocycles. The zero-order chi connectivity index (χ0) is 17.0. The Labute approximate surface area is 139 Å². The van der Waals surface area contributed by atoms with Crippen molar-refractivity contribution < 1.29 is 8.78 Å². The monoisotopic (exact) mass is 321 g/mol. The maximum atomic E-state index is 13.4. The minimum Gasteiger partial charge on any atom is -0.297 e. The van der Waals surface area contributed by atoms with Crippen molar-refractivity contribution in [1.82, 2.24) is 4.90 Å². The third-order valence-corrected chi connectivity index (χ3v) is 4.80. The van der Waals surface area contributed by atoms with Crippen LogP contribution in [0.5, 0.6) is 0 Å². The summed E-state index contributed by atoms with van der Waals surface area (Å²) in [5.74, 6) is -0.199. The lowest BCUT2D eigenvalue weighted by molar-refractivity contribution is 0.115.